The molecule has 1 amide bonds. The summed E-state index contributed by atoms with van der Waals surface area (Å²) in [6.45, 7) is 4.11. The van der Waals surface area contributed by atoms with E-state index < -0.39 is 5.91 Å². The predicted molar refractivity (Wildman–Crippen MR) is 85.8 cm³/mol. The lowest BCUT2D eigenvalue weighted by molar-refractivity contribution is 0.100. The van der Waals surface area contributed by atoms with E-state index in [-0.39, 0.29) is 23.8 Å². The second-order valence-corrected chi connectivity index (χ2v) is 5.94. The zero-order chi connectivity index (χ0) is 16.1. The third-order valence-electron chi connectivity index (χ3n) is 4.03. The fraction of sp³-hybridized carbons (Fsp3) is 0.667. The number of carbonyl (C=O) groups excluding carboxylic acids is 1. The number of aliphatic hydroxyl groups excluding tert-OH is 1. The molecule has 1 aliphatic rings. The molecule has 1 aromatic heterocycles. The molecule has 0 radical (unpaired) electrons. The van der Waals surface area contributed by atoms with Crippen molar-refractivity contribution in [1.82, 2.24) is 9.97 Å². The van der Waals surface area contributed by atoms with Gasteiger partial charge >= 0.3 is 0 Å². The molecule has 3 atom stereocenters. The molecule has 2 rings (SSSR count). The van der Waals surface area contributed by atoms with Crippen molar-refractivity contribution in [1.29, 1.82) is 0 Å². The van der Waals surface area contributed by atoms with E-state index >= 15 is 0 Å². The molecule has 0 aromatic carbocycles. The minimum Gasteiger partial charge on any atom is -0.393 e. The molecule has 1 aliphatic carbocycles. The Hall–Kier alpha value is -1.89. The number of rotatable bonds is 6. The first-order valence-electron chi connectivity index (χ1n) is 7.87. The van der Waals surface area contributed by atoms with Crippen LogP contribution in [0.15, 0.2) is 6.20 Å². The number of anilines is 2. The second-order valence-electron chi connectivity index (χ2n) is 5.94. The highest BCUT2D eigenvalue weighted by atomic mass is 16.3. The number of aliphatic hydroxyl groups is 1. The normalized spacial score (nSPS) is 22.9. The Balaban J connectivity index is 2.18. The van der Waals surface area contributed by atoms with Gasteiger partial charge in [-0.05, 0) is 39.0 Å². The Morgan fingerprint density at radius 3 is 2.95 bits per heavy atom. The number of nitrogens with zero attached hydrogens (tertiary/aromatic N) is 2. The highest BCUT2D eigenvalue weighted by Crippen LogP contribution is 2.23. The first kappa shape index (κ1) is 16.5. The van der Waals surface area contributed by atoms with Crippen LogP contribution in [0.25, 0.3) is 0 Å². The van der Waals surface area contributed by atoms with Gasteiger partial charge in [0.2, 0.25) is 5.95 Å². The fourth-order valence-corrected chi connectivity index (χ4v) is 2.55. The standard InChI is InChI=1S/C15H25N5O2/c1-3-9(2)18-15-17-8-12(13(16)22)14(20-15)19-10-5-4-6-11(21)7-10/h8-11,21H,3-7H2,1-2H3,(H2,16,22)(H2,17,18,19,20)/t9-,10+,11-/m0/s1. The zero-order valence-electron chi connectivity index (χ0n) is 13.2. The first-order valence-corrected chi connectivity index (χ1v) is 7.87. The molecule has 0 saturated heterocycles. The largest absolute Gasteiger partial charge is 0.393 e. The Kier molecular flexibility index (Phi) is 5.54. The summed E-state index contributed by atoms with van der Waals surface area (Å²) in [6, 6.07) is 0.331. The topological polar surface area (TPSA) is 113 Å². The lowest BCUT2D eigenvalue weighted by Crippen LogP contribution is -2.31. The maximum Gasteiger partial charge on any atom is 0.254 e. The minimum atomic E-state index is -0.561. The van der Waals surface area contributed by atoms with Gasteiger partial charge in [-0.25, -0.2) is 4.98 Å². The first-order chi connectivity index (χ1) is 10.5. The van der Waals surface area contributed by atoms with E-state index in [9.17, 15) is 9.90 Å². The molecular weight excluding hydrogens is 282 g/mol. The molecule has 122 valence electrons. The van der Waals surface area contributed by atoms with E-state index in [4.69, 9.17) is 5.73 Å². The summed E-state index contributed by atoms with van der Waals surface area (Å²) in [5.74, 6) is 0.347. The summed E-state index contributed by atoms with van der Waals surface area (Å²) in [5.41, 5.74) is 5.67. The van der Waals surface area contributed by atoms with Gasteiger partial charge in [-0.1, -0.05) is 6.92 Å². The average Bonchev–Trinajstić information content (AvgIpc) is 2.47. The van der Waals surface area contributed by atoms with Crippen molar-refractivity contribution in [3.8, 4) is 0 Å². The van der Waals surface area contributed by atoms with Crippen LogP contribution in [0.5, 0.6) is 0 Å². The van der Waals surface area contributed by atoms with Crippen LogP contribution in [0.3, 0.4) is 0 Å². The summed E-state index contributed by atoms with van der Waals surface area (Å²) in [5, 5.41) is 16.2. The summed E-state index contributed by atoms with van der Waals surface area (Å²) < 4.78 is 0. The van der Waals surface area contributed by atoms with Gasteiger partial charge in [0.05, 0.1) is 11.7 Å². The van der Waals surface area contributed by atoms with E-state index in [1.54, 1.807) is 0 Å². The fourth-order valence-electron chi connectivity index (χ4n) is 2.55. The molecule has 0 bridgehead atoms. The lowest BCUT2D eigenvalue weighted by atomic mass is 9.93. The quantitative estimate of drug-likeness (QED) is 0.633. The highest BCUT2D eigenvalue weighted by molar-refractivity contribution is 5.97. The molecule has 5 N–H and O–H groups in total. The third-order valence-corrected chi connectivity index (χ3v) is 4.03. The maximum atomic E-state index is 11.5. The maximum absolute atomic E-state index is 11.5. The van der Waals surface area contributed by atoms with Gasteiger partial charge in [-0.2, -0.15) is 4.98 Å². The minimum absolute atomic E-state index is 0.0909. The van der Waals surface area contributed by atoms with Crippen molar-refractivity contribution in [2.24, 2.45) is 5.73 Å². The number of primary amides is 1. The number of nitrogens with two attached hydrogens (primary N) is 1. The SMILES string of the molecule is CC[C@H](C)Nc1ncc(C(N)=O)c(N[C@@H]2CCC[C@H](O)C2)n1. The average molecular weight is 307 g/mol. The van der Waals surface area contributed by atoms with Crippen molar-refractivity contribution in [3.05, 3.63) is 11.8 Å². The predicted octanol–water partition coefficient (Wildman–Crippen LogP) is 1.50. The summed E-state index contributed by atoms with van der Waals surface area (Å²) in [6.07, 6.45) is 5.45. The molecule has 7 heteroatoms. The third kappa shape index (κ3) is 4.30. The molecule has 0 aliphatic heterocycles. The van der Waals surface area contributed by atoms with Crippen molar-refractivity contribution < 1.29 is 9.90 Å². The molecule has 22 heavy (non-hydrogen) atoms. The molecule has 1 heterocycles. The smallest absolute Gasteiger partial charge is 0.254 e. The molecule has 1 saturated carbocycles. The summed E-state index contributed by atoms with van der Waals surface area (Å²) >= 11 is 0. The molecule has 0 unspecified atom stereocenters. The van der Waals surface area contributed by atoms with Crippen LogP contribution in [0, 0.1) is 0 Å². The molecule has 0 spiro atoms. The van der Waals surface area contributed by atoms with Gasteiger partial charge in [0.15, 0.2) is 0 Å². The van der Waals surface area contributed by atoms with Crippen LogP contribution >= 0.6 is 0 Å². The highest BCUT2D eigenvalue weighted by Gasteiger charge is 2.22. The van der Waals surface area contributed by atoms with Gasteiger partial charge < -0.3 is 21.5 Å². The van der Waals surface area contributed by atoms with E-state index in [1.807, 2.05) is 6.92 Å². The van der Waals surface area contributed by atoms with E-state index in [1.165, 1.54) is 6.20 Å². The number of amides is 1. The van der Waals surface area contributed by atoms with Crippen molar-refractivity contribution in [2.45, 2.75) is 64.1 Å². The van der Waals surface area contributed by atoms with Crippen molar-refractivity contribution in [2.75, 3.05) is 10.6 Å². The van der Waals surface area contributed by atoms with E-state index in [0.29, 0.717) is 18.2 Å². The van der Waals surface area contributed by atoms with Crippen LogP contribution in [0.1, 0.15) is 56.3 Å². The molecule has 1 aromatic rings. The molecule has 7 nitrogen and oxygen atoms in total. The van der Waals surface area contributed by atoms with Crippen molar-refractivity contribution in [3.63, 3.8) is 0 Å². The van der Waals surface area contributed by atoms with Gasteiger partial charge in [0, 0.05) is 18.3 Å². The number of nitrogens with one attached hydrogen (secondary N) is 2. The monoisotopic (exact) mass is 307 g/mol. The summed E-state index contributed by atoms with van der Waals surface area (Å²) in [7, 11) is 0. The van der Waals surface area contributed by atoms with E-state index in [2.05, 4.69) is 27.5 Å². The molecule has 1 fully saturated rings. The van der Waals surface area contributed by atoms with Crippen molar-refractivity contribution >= 4 is 17.7 Å². The number of carbonyl (C=O) groups is 1. The van der Waals surface area contributed by atoms with Gasteiger partial charge in [-0.15, -0.1) is 0 Å². The van der Waals surface area contributed by atoms with Crippen LogP contribution in [-0.4, -0.2) is 39.2 Å². The Bertz CT molecular complexity index is 523. The van der Waals surface area contributed by atoms with Crippen LogP contribution in [-0.2, 0) is 0 Å². The van der Waals surface area contributed by atoms with Crippen LogP contribution < -0.4 is 16.4 Å². The number of hydrogen-bond donors (Lipinski definition) is 4. The van der Waals surface area contributed by atoms with Gasteiger partial charge in [0.25, 0.3) is 5.91 Å². The molecular formula is C15H25N5O2. The van der Waals surface area contributed by atoms with Gasteiger partial charge in [0.1, 0.15) is 5.82 Å². The lowest BCUT2D eigenvalue weighted by Gasteiger charge is -2.27. The Labute approximate surface area is 130 Å². The number of hydrogen-bond acceptors (Lipinski definition) is 6. The van der Waals surface area contributed by atoms with Crippen LogP contribution in [0.4, 0.5) is 11.8 Å². The summed E-state index contributed by atoms with van der Waals surface area (Å²) in [4.78, 5) is 20.1. The second kappa shape index (κ2) is 7.40. The van der Waals surface area contributed by atoms with Gasteiger partial charge in [-0.3, -0.25) is 4.79 Å². The van der Waals surface area contributed by atoms with E-state index in [0.717, 1.165) is 25.7 Å². The Morgan fingerprint density at radius 2 is 2.32 bits per heavy atom. The number of aromatic nitrogens is 2. The van der Waals surface area contributed by atoms with Crippen LogP contribution in [0.2, 0.25) is 0 Å². The zero-order valence-corrected chi connectivity index (χ0v) is 13.2. The Morgan fingerprint density at radius 1 is 1.55 bits per heavy atom.